The lowest BCUT2D eigenvalue weighted by Crippen LogP contribution is -2.56. The van der Waals surface area contributed by atoms with E-state index in [1.54, 1.807) is 0 Å². The quantitative estimate of drug-likeness (QED) is 0.703. The Bertz CT molecular complexity index is 251. The van der Waals surface area contributed by atoms with Crippen LogP contribution in [-0.4, -0.2) is 56.2 Å². The summed E-state index contributed by atoms with van der Waals surface area (Å²) < 4.78 is 16.6. The van der Waals surface area contributed by atoms with Gasteiger partial charge in [-0.25, -0.2) is 4.39 Å². The van der Waals surface area contributed by atoms with Gasteiger partial charge in [0, 0.05) is 19.6 Å². The van der Waals surface area contributed by atoms with E-state index < -0.39 is 18.7 Å². The second kappa shape index (κ2) is 7.40. The Balaban J connectivity index is 0.00000225. The average Bonchev–Trinajstić information content (AvgIpc) is 2.24. The standard InChI is InChI=1S/C9H15FN2O3.ClH/c1-15-8(13)6-7-9(14)12(4-2-10)5-3-11-7;/h7,11H,2-6H2,1H3;1H. The summed E-state index contributed by atoms with van der Waals surface area (Å²) in [5.74, 6) is -0.674. The monoisotopic (exact) mass is 254 g/mol. The van der Waals surface area contributed by atoms with Gasteiger partial charge in [0.1, 0.15) is 6.67 Å². The zero-order chi connectivity index (χ0) is 11.3. The Labute approximate surface area is 99.7 Å². The summed E-state index contributed by atoms with van der Waals surface area (Å²) in [4.78, 5) is 24.1. The maximum Gasteiger partial charge on any atom is 0.307 e. The molecule has 94 valence electrons. The predicted molar refractivity (Wildman–Crippen MR) is 58.2 cm³/mol. The summed E-state index contributed by atoms with van der Waals surface area (Å²) in [7, 11) is 1.27. The molecule has 1 saturated heterocycles. The van der Waals surface area contributed by atoms with Gasteiger partial charge in [-0.05, 0) is 0 Å². The van der Waals surface area contributed by atoms with E-state index in [2.05, 4.69) is 10.1 Å². The number of nitrogens with one attached hydrogen (secondary N) is 1. The summed E-state index contributed by atoms with van der Waals surface area (Å²) in [5, 5.41) is 2.91. The van der Waals surface area contributed by atoms with Crippen molar-refractivity contribution in [2.45, 2.75) is 12.5 Å². The molecule has 0 aromatic rings. The Hall–Kier alpha value is -0.880. The molecule has 1 fully saturated rings. The average molecular weight is 255 g/mol. The Morgan fingerprint density at radius 2 is 2.38 bits per heavy atom. The molecule has 1 rings (SSSR count). The largest absolute Gasteiger partial charge is 0.469 e. The second-order valence-electron chi connectivity index (χ2n) is 3.30. The first-order valence-corrected chi connectivity index (χ1v) is 4.84. The van der Waals surface area contributed by atoms with E-state index in [-0.39, 0.29) is 31.3 Å². The number of esters is 1. The van der Waals surface area contributed by atoms with Crippen molar-refractivity contribution >= 4 is 24.3 Å². The number of ether oxygens (including phenoxy) is 1. The van der Waals surface area contributed by atoms with Crippen molar-refractivity contribution in [3.8, 4) is 0 Å². The van der Waals surface area contributed by atoms with Crippen LogP contribution in [0.1, 0.15) is 6.42 Å². The van der Waals surface area contributed by atoms with Crippen LogP contribution in [0.25, 0.3) is 0 Å². The van der Waals surface area contributed by atoms with E-state index in [0.717, 1.165) is 0 Å². The fraction of sp³-hybridized carbons (Fsp3) is 0.778. The molecule has 1 heterocycles. The minimum absolute atomic E-state index is 0. The van der Waals surface area contributed by atoms with Gasteiger partial charge in [0.25, 0.3) is 0 Å². The Kier molecular flexibility index (Phi) is 7.00. The highest BCUT2D eigenvalue weighted by Crippen LogP contribution is 2.05. The molecule has 5 nitrogen and oxygen atoms in total. The summed E-state index contributed by atoms with van der Waals surface area (Å²) in [6, 6.07) is -0.572. The van der Waals surface area contributed by atoms with Crippen LogP contribution in [0.4, 0.5) is 4.39 Å². The third kappa shape index (κ3) is 3.94. The summed E-state index contributed by atoms with van der Waals surface area (Å²) in [5.41, 5.74) is 0. The molecule has 1 amide bonds. The van der Waals surface area contributed by atoms with Crippen LogP contribution in [0.15, 0.2) is 0 Å². The molecule has 0 spiro atoms. The summed E-state index contributed by atoms with van der Waals surface area (Å²) in [6.07, 6.45) is -0.00187. The fourth-order valence-corrected chi connectivity index (χ4v) is 1.53. The summed E-state index contributed by atoms with van der Waals surface area (Å²) in [6.45, 7) is 0.600. The van der Waals surface area contributed by atoms with Gasteiger partial charge in [-0.15, -0.1) is 12.4 Å². The topological polar surface area (TPSA) is 58.6 Å². The second-order valence-corrected chi connectivity index (χ2v) is 3.30. The molecule has 7 heteroatoms. The lowest BCUT2D eigenvalue weighted by molar-refractivity contribution is -0.146. The first kappa shape index (κ1) is 15.1. The van der Waals surface area contributed by atoms with Crippen LogP contribution in [0, 0.1) is 0 Å². The minimum atomic E-state index is -0.572. The molecular formula is C9H16ClFN2O3. The smallest absolute Gasteiger partial charge is 0.307 e. The fourth-order valence-electron chi connectivity index (χ4n) is 1.53. The van der Waals surface area contributed by atoms with Gasteiger partial charge in [0.2, 0.25) is 5.91 Å². The van der Waals surface area contributed by atoms with Crippen molar-refractivity contribution in [2.24, 2.45) is 0 Å². The van der Waals surface area contributed by atoms with Crippen LogP contribution >= 0.6 is 12.4 Å². The molecule has 1 atom stereocenters. The van der Waals surface area contributed by atoms with Gasteiger partial charge in [-0.1, -0.05) is 0 Å². The molecular weight excluding hydrogens is 239 g/mol. The highest BCUT2D eigenvalue weighted by Gasteiger charge is 2.29. The lowest BCUT2D eigenvalue weighted by Gasteiger charge is -2.32. The van der Waals surface area contributed by atoms with Gasteiger partial charge in [-0.3, -0.25) is 9.59 Å². The van der Waals surface area contributed by atoms with Crippen molar-refractivity contribution in [1.82, 2.24) is 10.2 Å². The van der Waals surface area contributed by atoms with Crippen LogP contribution in [0.2, 0.25) is 0 Å². The molecule has 1 N–H and O–H groups in total. The van der Waals surface area contributed by atoms with E-state index >= 15 is 0 Å². The molecule has 0 aromatic heterocycles. The number of hydrogen-bond donors (Lipinski definition) is 1. The number of methoxy groups -OCH3 is 1. The number of hydrogen-bond acceptors (Lipinski definition) is 4. The van der Waals surface area contributed by atoms with Crippen molar-refractivity contribution < 1.29 is 18.7 Å². The van der Waals surface area contributed by atoms with Crippen LogP contribution in [-0.2, 0) is 14.3 Å². The number of rotatable bonds is 4. The van der Waals surface area contributed by atoms with Crippen LogP contribution in [0.5, 0.6) is 0 Å². The first-order valence-electron chi connectivity index (χ1n) is 4.84. The highest BCUT2D eigenvalue weighted by molar-refractivity contribution is 5.87. The summed E-state index contributed by atoms with van der Waals surface area (Å²) >= 11 is 0. The molecule has 1 aliphatic heterocycles. The van der Waals surface area contributed by atoms with E-state index in [1.165, 1.54) is 12.0 Å². The van der Waals surface area contributed by atoms with Crippen LogP contribution in [0.3, 0.4) is 0 Å². The number of piperazine rings is 1. The molecule has 0 aromatic carbocycles. The molecule has 16 heavy (non-hydrogen) atoms. The first-order chi connectivity index (χ1) is 7.19. The molecule has 0 saturated carbocycles. The SMILES string of the molecule is COC(=O)CC1NCCN(CCF)C1=O.Cl. The minimum Gasteiger partial charge on any atom is -0.469 e. The predicted octanol–water partition coefficient (Wildman–Crippen LogP) is -0.259. The number of amides is 1. The maximum absolute atomic E-state index is 12.1. The van der Waals surface area contributed by atoms with E-state index in [9.17, 15) is 14.0 Å². The highest BCUT2D eigenvalue weighted by atomic mass is 35.5. The van der Waals surface area contributed by atoms with E-state index in [4.69, 9.17) is 0 Å². The molecule has 1 unspecified atom stereocenters. The van der Waals surface area contributed by atoms with Crippen molar-refractivity contribution in [3.05, 3.63) is 0 Å². The van der Waals surface area contributed by atoms with Crippen molar-refractivity contribution in [1.29, 1.82) is 0 Å². The molecule has 0 radical (unpaired) electrons. The number of alkyl halides is 1. The Morgan fingerprint density at radius 1 is 1.69 bits per heavy atom. The number of carbonyl (C=O) groups is 2. The van der Waals surface area contributed by atoms with Gasteiger partial charge in [-0.2, -0.15) is 0 Å². The zero-order valence-corrected chi connectivity index (χ0v) is 9.89. The number of nitrogens with zero attached hydrogens (tertiary/aromatic N) is 1. The maximum atomic E-state index is 12.1. The third-order valence-electron chi connectivity index (χ3n) is 2.34. The number of halogens is 2. The number of carbonyl (C=O) groups excluding carboxylic acids is 2. The van der Waals surface area contributed by atoms with Crippen molar-refractivity contribution in [2.75, 3.05) is 33.4 Å². The van der Waals surface area contributed by atoms with Crippen molar-refractivity contribution in [3.63, 3.8) is 0 Å². The van der Waals surface area contributed by atoms with Gasteiger partial charge >= 0.3 is 5.97 Å². The van der Waals surface area contributed by atoms with E-state index in [1.807, 2.05) is 0 Å². The normalized spacial score (nSPS) is 20.2. The molecule has 0 aliphatic carbocycles. The van der Waals surface area contributed by atoms with Gasteiger partial charge < -0.3 is 15.0 Å². The molecule has 1 aliphatic rings. The van der Waals surface area contributed by atoms with Crippen LogP contribution < -0.4 is 5.32 Å². The van der Waals surface area contributed by atoms with E-state index in [0.29, 0.717) is 13.1 Å². The van der Waals surface area contributed by atoms with Gasteiger partial charge in [0.05, 0.1) is 19.6 Å². The molecule has 0 bridgehead atoms. The zero-order valence-electron chi connectivity index (χ0n) is 9.07. The lowest BCUT2D eigenvalue weighted by atomic mass is 10.1. The third-order valence-corrected chi connectivity index (χ3v) is 2.34. The van der Waals surface area contributed by atoms with Gasteiger partial charge in [0.15, 0.2) is 0 Å². The Morgan fingerprint density at radius 3 is 2.94 bits per heavy atom.